The van der Waals surface area contributed by atoms with Crippen molar-refractivity contribution in [2.45, 2.75) is 38.8 Å². The number of benzene rings is 2. The zero-order valence-corrected chi connectivity index (χ0v) is 23.7. The Morgan fingerprint density at radius 1 is 1.07 bits per heavy atom. The molecule has 3 heterocycles. The summed E-state index contributed by atoms with van der Waals surface area (Å²) in [5, 5.41) is 12.6. The normalized spacial score (nSPS) is 17.8. The molecule has 3 aromatic rings. The number of nitro benzene ring substituents is 1. The van der Waals surface area contributed by atoms with Crippen molar-refractivity contribution in [2.75, 3.05) is 4.72 Å². The Balaban J connectivity index is 1.48. The smallest absolute Gasteiger partial charge is 0.355 e. The third-order valence-electron chi connectivity index (χ3n) is 6.74. The number of imide groups is 1. The summed E-state index contributed by atoms with van der Waals surface area (Å²) in [6.07, 6.45) is 0. The first kappa shape index (κ1) is 29.1. The fourth-order valence-corrected chi connectivity index (χ4v) is 6.36. The van der Waals surface area contributed by atoms with Gasteiger partial charge in [0, 0.05) is 18.2 Å². The lowest BCUT2D eigenvalue weighted by Gasteiger charge is -2.48. The third kappa shape index (κ3) is 5.12. The summed E-state index contributed by atoms with van der Waals surface area (Å²) in [6.45, 7) is 4.06. The number of hydrogen-bond acceptors (Lipinski definition) is 11. The van der Waals surface area contributed by atoms with Crippen LogP contribution in [-0.4, -0.2) is 63.4 Å². The maximum absolute atomic E-state index is 13.8. The predicted octanol–water partition coefficient (Wildman–Crippen LogP) is 2.50. The molecule has 1 saturated heterocycles. The molecule has 3 amide bonds. The molecule has 43 heavy (non-hydrogen) atoms. The van der Waals surface area contributed by atoms with Crippen LogP contribution in [0.25, 0.3) is 0 Å². The Labute approximate surface area is 243 Å². The number of anilines is 1. The zero-order chi connectivity index (χ0) is 31.2. The molecule has 1 N–H and O–H groups in total. The number of ether oxygens (including phenoxy) is 1. The quantitative estimate of drug-likeness (QED) is 0.0933. The van der Waals surface area contributed by atoms with Gasteiger partial charge in [0.1, 0.15) is 18.1 Å². The lowest BCUT2D eigenvalue weighted by atomic mass is 10.0. The number of likely N-dealkylation sites (tertiary alicyclic amines) is 1. The Bertz CT molecular complexity index is 1790. The summed E-state index contributed by atoms with van der Waals surface area (Å²) >= 11 is 0. The highest BCUT2D eigenvalue weighted by Gasteiger charge is 2.63. The Morgan fingerprint density at radius 3 is 2.19 bits per heavy atom. The van der Waals surface area contributed by atoms with Crippen LogP contribution in [0.4, 0.5) is 11.5 Å². The zero-order valence-electron chi connectivity index (χ0n) is 22.8. The molecule has 5 rings (SSSR count). The van der Waals surface area contributed by atoms with E-state index in [1.807, 2.05) is 0 Å². The number of sulfonamides is 1. The molecule has 1 aromatic heterocycles. The molecule has 2 atom stereocenters. The average molecular weight is 610 g/mol. The minimum Gasteiger partial charge on any atom is -0.456 e. The van der Waals surface area contributed by atoms with Crippen LogP contribution in [0, 0.1) is 17.0 Å². The second kappa shape index (κ2) is 10.8. The summed E-state index contributed by atoms with van der Waals surface area (Å²) in [5.74, 6) is -3.77. The highest BCUT2D eigenvalue weighted by molar-refractivity contribution is 7.93. The van der Waals surface area contributed by atoms with Gasteiger partial charge >= 0.3 is 5.97 Å². The average Bonchev–Trinajstić information content (AvgIpc) is 3.47. The number of β-lactam (4-membered cyclic amide) rings is 1. The number of nitrogens with one attached hydrogen (secondary N) is 1. The lowest BCUT2D eigenvalue weighted by molar-refractivity contribution is -0.384. The summed E-state index contributed by atoms with van der Waals surface area (Å²) in [5.41, 5.74) is -0.0156. The van der Waals surface area contributed by atoms with Crippen LogP contribution >= 0.6 is 0 Å². The standard InChI is InChI=1S/C27H23N5O10S/c1-14(2)21(27(36)41-13-16-8-10-17(11-9-16)32(37)38)31-25(35)22(26(31)43(39,40)29-20-12-15(3)42-28-20)30-23(33)18-6-4-5-7-19(18)24(30)34/h4-12,22,26H,13H2,1-3H3,(H,28,29)/t22-,26-/m1/s1. The number of amides is 3. The van der Waals surface area contributed by atoms with Gasteiger partial charge in [-0.15, -0.1) is 0 Å². The van der Waals surface area contributed by atoms with Gasteiger partial charge in [0.05, 0.1) is 16.1 Å². The molecular formula is C27H23N5O10S. The highest BCUT2D eigenvalue weighted by Crippen LogP contribution is 2.39. The number of esters is 1. The van der Waals surface area contributed by atoms with E-state index in [9.17, 15) is 37.7 Å². The molecule has 16 heteroatoms. The molecule has 2 aliphatic heterocycles. The van der Waals surface area contributed by atoms with E-state index in [0.717, 1.165) is 0 Å². The number of non-ortho nitro benzene ring substituents is 1. The third-order valence-corrected chi connectivity index (χ3v) is 8.33. The molecule has 2 aromatic carbocycles. The fourth-order valence-electron chi connectivity index (χ4n) is 4.79. The molecule has 15 nitrogen and oxygen atoms in total. The second-order valence-corrected chi connectivity index (χ2v) is 11.7. The van der Waals surface area contributed by atoms with Gasteiger partial charge in [0.2, 0.25) is 0 Å². The van der Waals surface area contributed by atoms with E-state index in [2.05, 4.69) is 9.88 Å². The molecule has 0 bridgehead atoms. The molecule has 2 aliphatic rings. The molecular weight excluding hydrogens is 586 g/mol. The molecule has 0 aliphatic carbocycles. The maximum atomic E-state index is 13.8. The number of allylic oxidation sites excluding steroid dienone is 1. The first-order chi connectivity index (χ1) is 20.3. The molecule has 222 valence electrons. The number of carbonyl (C=O) groups is 4. The Morgan fingerprint density at radius 2 is 1.67 bits per heavy atom. The lowest BCUT2D eigenvalue weighted by Crippen LogP contribution is -2.74. The number of aromatic nitrogens is 1. The Hall–Kier alpha value is -5.38. The number of aryl methyl sites for hydroxylation is 1. The summed E-state index contributed by atoms with van der Waals surface area (Å²) < 4.78 is 40.0. The van der Waals surface area contributed by atoms with E-state index in [1.54, 1.807) is 0 Å². The van der Waals surface area contributed by atoms with Crippen molar-refractivity contribution in [3.8, 4) is 0 Å². The van der Waals surface area contributed by atoms with Gasteiger partial charge in [-0.3, -0.25) is 39.0 Å². The van der Waals surface area contributed by atoms with Gasteiger partial charge in [-0.25, -0.2) is 13.2 Å². The van der Waals surface area contributed by atoms with Crippen LogP contribution in [0.2, 0.25) is 0 Å². The van der Waals surface area contributed by atoms with Crippen LogP contribution in [-0.2, 0) is 31.0 Å². The van der Waals surface area contributed by atoms with Crippen molar-refractivity contribution < 1.29 is 41.8 Å². The minimum atomic E-state index is -4.68. The second-order valence-electron chi connectivity index (χ2n) is 9.89. The van der Waals surface area contributed by atoms with Crippen LogP contribution in [0.3, 0.4) is 0 Å². The highest BCUT2D eigenvalue weighted by atomic mass is 32.2. The summed E-state index contributed by atoms with van der Waals surface area (Å²) in [4.78, 5) is 65.0. The first-order valence-corrected chi connectivity index (χ1v) is 14.2. The van der Waals surface area contributed by atoms with Crippen molar-refractivity contribution >= 4 is 45.2 Å². The summed E-state index contributed by atoms with van der Waals surface area (Å²) in [7, 11) is -4.68. The number of nitro groups is 1. The predicted molar refractivity (Wildman–Crippen MR) is 146 cm³/mol. The van der Waals surface area contributed by atoms with Crippen LogP contribution in [0.5, 0.6) is 0 Å². The van der Waals surface area contributed by atoms with Crippen LogP contribution in [0.1, 0.15) is 45.9 Å². The number of fused-ring (bicyclic) bond motifs is 1. The van der Waals surface area contributed by atoms with E-state index < -0.39 is 55.8 Å². The molecule has 0 radical (unpaired) electrons. The van der Waals surface area contributed by atoms with E-state index in [0.29, 0.717) is 15.4 Å². The van der Waals surface area contributed by atoms with Gasteiger partial charge in [0.15, 0.2) is 17.2 Å². The SMILES string of the molecule is CC(C)=C(C(=O)OCc1ccc([N+](=O)[O-])cc1)N1C(=O)[C@@H](N2C(=O)c3ccccc3C2=O)[C@H]1S(=O)(=O)Nc1cc(C)on1. The van der Waals surface area contributed by atoms with Crippen LogP contribution < -0.4 is 4.72 Å². The first-order valence-electron chi connectivity index (χ1n) is 12.6. The maximum Gasteiger partial charge on any atom is 0.355 e. The van der Waals surface area contributed by atoms with Crippen molar-refractivity contribution in [3.05, 3.63) is 98.4 Å². The van der Waals surface area contributed by atoms with Gasteiger partial charge in [0.25, 0.3) is 33.4 Å². The molecule has 0 spiro atoms. The van der Waals surface area contributed by atoms with Gasteiger partial charge < -0.3 is 9.26 Å². The van der Waals surface area contributed by atoms with Gasteiger partial charge in [-0.1, -0.05) is 17.3 Å². The van der Waals surface area contributed by atoms with Gasteiger partial charge in [-0.05, 0) is 56.2 Å². The molecule has 1 fully saturated rings. The minimum absolute atomic E-state index is 0.0000663. The topological polar surface area (TPSA) is 199 Å². The van der Waals surface area contributed by atoms with E-state index in [-0.39, 0.29) is 40.6 Å². The van der Waals surface area contributed by atoms with Crippen molar-refractivity contribution in [1.82, 2.24) is 15.0 Å². The van der Waals surface area contributed by atoms with E-state index in [4.69, 9.17) is 9.26 Å². The number of rotatable bonds is 9. The number of carbonyl (C=O) groups excluding carboxylic acids is 4. The largest absolute Gasteiger partial charge is 0.456 e. The van der Waals surface area contributed by atoms with Crippen molar-refractivity contribution in [3.63, 3.8) is 0 Å². The number of hydrogen-bond donors (Lipinski definition) is 1. The van der Waals surface area contributed by atoms with Crippen molar-refractivity contribution in [2.24, 2.45) is 0 Å². The van der Waals surface area contributed by atoms with E-state index in [1.165, 1.54) is 75.4 Å². The van der Waals surface area contributed by atoms with Crippen molar-refractivity contribution in [1.29, 1.82) is 0 Å². The molecule has 0 saturated carbocycles. The fraction of sp³-hybridized carbons (Fsp3) is 0.222. The monoisotopic (exact) mass is 609 g/mol. The van der Waals surface area contributed by atoms with Crippen LogP contribution in [0.15, 0.2) is 70.4 Å². The Kier molecular flexibility index (Phi) is 7.31. The molecule has 0 unspecified atom stereocenters. The summed E-state index contributed by atoms with van der Waals surface area (Å²) in [6, 6.07) is 10.4. The number of nitrogens with zero attached hydrogens (tertiary/aromatic N) is 4. The van der Waals surface area contributed by atoms with E-state index >= 15 is 0 Å². The van der Waals surface area contributed by atoms with Gasteiger partial charge in [-0.2, -0.15) is 0 Å².